The number of nitrogens with zero attached hydrogens (tertiary/aromatic N) is 1. The number of aromatic hydroxyl groups is 1. The van der Waals surface area contributed by atoms with Crippen LogP contribution < -0.4 is 10.6 Å². The summed E-state index contributed by atoms with van der Waals surface area (Å²) in [4.78, 5) is 18.7. The summed E-state index contributed by atoms with van der Waals surface area (Å²) >= 11 is 0. The fourth-order valence-corrected chi connectivity index (χ4v) is 2.91. The molecule has 0 aliphatic carbocycles. The quantitative estimate of drug-likeness (QED) is 0.719. The second-order valence-electron chi connectivity index (χ2n) is 5.42. The summed E-state index contributed by atoms with van der Waals surface area (Å²) in [6.45, 7) is 0. The number of carbonyl (C=O) groups is 1. The Morgan fingerprint density at radius 2 is 1.83 bits per heavy atom. The van der Waals surface area contributed by atoms with E-state index < -0.39 is 17.6 Å². The number of halogens is 3. The number of H-pyrrole nitrogens is 1. The van der Waals surface area contributed by atoms with Crippen molar-refractivity contribution in [1.29, 1.82) is 0 Å². The van der Waals surface area contributed by atoms with E-state index in [1.54, 1.807) is 24.3 Å². The van der Waals surface area contributed by atoms with Crippen LogP contribution in [0.2, 0.25) is 0 Å². The number of aromatic nitrogens is 1. The molecule has 24 heavy (non-hydrogen) atoms. The average molecular weight is 330 g/mol. The highest BCUT2D eigenvalue weighted by molar-refractivity contribution is 6.24. The Morgan fingerprint density at radius 1 is 1.08 bits per heavy atom. The van der Waals surface area contributed by atoms with E-state index >= 15 is 0 Å². The van der Waals surface area contributed by atoms with Crippen LogP contribution in [0.5, 0.6) is 5.88 Å². The second kappa shape index (κ2) is 4.70. The summed E-state index contributed by atoms with van der Waals surface area (Å²) in [6.07, 6.45) is -4.51. The van der Waals surface area contributed by atoms with Gasteiger partial charge in [-0.25, -0.2) is 4.99 Å². The van der Waals surface area contributed by atoms with Gasteiger partial charge in [0, 0.05) is 16.1 Å². The molecule has 0 fully saturated rings. The highest BCUT2D eigenvalue weighted by Gasteiger charge is 2.32. The first kappa shape index (κ1) is 14.5. The first-order valence-electron chi connectivity index (χ1n) is 7.01. The Morgan fingerprint density at radius 3 is 2.58 bits per heavy atom. The van der Waals surface area contributed by atoms with E-state index in [4.69, 9.17) is 0 Å². The van der Waals surface area contributed by atoms with E-state index in [0.29, 0.717) is 10.9 Å². The zero-order valence-corrected chi connectivity index (χ0v) is 12.0. The number of rotatable bonds is 1. The number of benzene rings is 2. The molecule has 1 aliphatic heterocycles. The zero-order chi connectivity index (χ0) is 17.1. The van der Waals surface area contributed by atoms with Gasteiger partial charge in [-0.3, -0.25) is 4.79 Å². The van der Waals surface area contributed by atoms with Crippen molar-refractivity contribution in [3.8, 4) is 5.88 Å². The number of alkyl halides is 3. The van der Waals surface area contributed by atoms with Gasteiger partial charge in [0.25, 0.3) is 5.91 Å². The monoisotopic (exact) mass is 330 g/mol. The molecule has 1 aliphatic rings. The van der Waals surface area contributed by atoms with Crippen LogP contribution in [0.1, 0.15) is 11.1 Å². The molecule has 120 valence electrons. The van der Waals surface area contributed by atoms with E-state index in [1.807, 2.05) is 0 Å². The number of aromatic amines is 1. The zero-order valence-electron chi connectivity index (χ0n) is 12.0. The lowest BCUT2D eigenvalue weighted by Gasteiger charge is -2.05. The maximum Gasteiger partial charge on any atom is 0.416 e. The van der Waals surface area contributed by atoms with E-state index in [2.05, 4.69) is 9.98 Å². The molecule has 0 spiro atoms. The van der Waals surface area contributed by atoms with E-state index in [1.165, 1.54) is 6.07 Å². The molecular formula is C17H9F3N2O2. The normalized spacial score (nSPS) is 14.1. The minimum atomic E-state index is -4.51. The summed E-state index contributed by atoms with van der Waals surface area (Å²) in [6, 6.07) is 9.89. The van der Waals surface area contributed by atoms with Gasteiger partial charge in [-0.1, -0.05) is 24.3 Å². The van der Waals surface area contributed by atoms with Crippen molar-refractivity contribution in [3.05, 3.63) is 64.2 Å². The first-order chi connectivity index (χ1) is 11.4. The van der Waals surface area contributed by atoms with Gasteiger partial charge in [0.05, 0.1) is 22.1 Å². The summed E-state index contributed by atoms with van der Waals surface area (Å²) < 4.78 is 38.5. The van der Waals surface area contributed by atoms with Gasteiger partial charge in [-0.2, -0.15) is 13.2 Å². The summed E-state index contributed by atoms with van der Waals surface area (Å²) in [5, 5.41) is 11.0. The van der Waals surface area contributed by atoms with Crippen molar-refractivity contribution in [2.45, 2.75) is 6.18 Å². The number of nitrogens with one attached hydrogen (secondary N) is 1. The Labute approximate surface area is 132 Å². The van der Waals surface area contributed by atoms with Crippen LogP contribution in [0.15, 0.2) is 47.5 Å². The fraction of sp³-hybridized carbons (Fsp3) is 0.0588. The van der Waals surface area contributed by atoms with Gasteiger partial charge in [0.1, 0.15) is 0 Å². The Bertz CT molecular complexity index is 1130. The highest BCUT2D eigenvalue weighted by Crippen LogP contribution is 2.33. The molecule has 0 saturated heterocycles. The molecule has 0 unspecified atom stereocenters. The van der Waals surface area contributed by atoms with Crippen LogP contribution >= 0.6 is 0 Å². The molecule has 0 atom stereocenters. The predicted molar refractivity (Wildman–Crippen MR) is 79.7 cm³/mol. The van der Waals surface area contributed by atoms with Gasteiger partial charge >= 0.3 is 6.18 Å². The van der Waals surface area contributed by atoms with Crippen molar-refractivity contribution in [3.63, 3.8) is 0 Å². The number of fused-ring (bicyclic) bond motifs is 2. The molecule has 1 amide bonds. The van der Waals surface area contributed by atoms with Crippen molar-refractivity contribution < 1.29 is 23.1 Å². The lowest BCUT2D eigenvalue weighted by molar-refractivity contribution is -0.137. The Kier molecular flexibility index (Phi) is 2.84. The predicted octanol–water partition coefficient (Wildman–Crippen LogP) is 2.25. The fourth-order valence-electron chi connectivity index (χ4n) is 2.91. The van der Waals surface area contributed by atoms with Crippen molar-refractivity contribution in [2.24, 2.45) is 4.99 Å². The largest absolute Gasteiger partial charge is 0.494 e. The molecule has 0 saturated carbocycles. The Hall–Kier alpha value is -3.09. The second-order valence-corrected chi connectivity index (χ2v) is 5.42. The number of amides is 1. The highest BCUT2D eigenvalue weighted by atomic mass is 19.4. The van der Waals surface area contributed by atoms with Gasteiger partial charge in [0.15, 0.2) is 5.88 Å². The standard InChI is InChI=1S/C17H9F3N2O2/c18-17(19,20)8-5-6-10-12(7-8)22-16(24)14(10)13-9-3-1-2-4-11(9)21-15(13)23/h1-7,21,23H. The van der Waals surface area contributed by atoms with Crippen molar-refractivity contribution in [2.75, 3.05) is 0 Å². The van der Waals surface area contributed by atoms with Crippen LogP contribution in [0.25, 0.3) is 16.5 Å². The third kappa shape index (κ3) is 2.01. The number of hydrogen-bond acceptors (Lipinski definition) is 2. The molecule has 0 bridgehead atoms. The molecule has 2 heterocycles. The summed E-state index contributed by atoms with van der Waals surface area (Å²) in [7, 11) is 0. The van der Waals surface area contributed by atoms with Crippen LogP contribution in [0.3, 0.4) is 0 Å². The number of hydrogen-bond donors (Lipinski definition) is 2. The summed E-state index contributed by atoms with van der Waals surface area (Å²) in [5.41, 5.74) is 0.0828. The van der Waals surface area contributed by atoms with Crippen LogP contribution in [-0.4, -0.2) is 16.0 Å². The van der Waals surface area contributed by atoms with Crippen molar-refractivity contribution in [1.82, 2.24) is 4.98 Å². The molecule has 4 nitrogen and oxygen atoms in total. The van der Waals surface area contributed by atoms with Crippen LogP contribution in [0, 0.1) is 0 Å². The number of para-hydroxylation sites is 1. The maximum atomic E-state index is 12.8. The van der Waals surface area contributed by atoms with Gasteiger partial charge in [0.2, 0.25) is 0 Å². The molecule has 2 aromatic carbocycles. The SMILES string of the molecule is O=C1N=c2cc(C(F)(F)F)ccc2=C1c1c(O)[nH]c2ccccc12. The van der Waals surface area contributed by atoms with E-state index in [9.17, 15) is 23.1 Å². The van der Waals surface area contributed by atoms with Crippen molar-refractivity contribution >= 4 is 22.4 Å². The molecule has 4 rings (SSSR count). The Balaban J connectivity index is 2.06. The lowest BCUT2D eigenvalue weighted by Crippen LogP contribution is -2.25. The number of carbonyl (C=O) groups excluding carboxylic acids is 1. The molecular weight excluding hydrogens is 321 g/mol. The molecule has 1 aromatic heterocycles. The molecule has 2 N–H and O–H groups in total. The summed E-state index contributed by atoms with van der Waals surface area (Å²) in [5.74, 6) is -0.896. The third-order valence-electron chi connectivity index (χ3n) is 3.97. The van der Waals surface area contributed by atoms with Gasteiger partial charge in [-0.05, 0) is 18.2 Å². The topological polar surface area (TPSA) is 65.4 Å². The molecule has 0 radical (unpaired) electrons. The maximum absolute atomic E-state index is 12.8. The first-order valence-corrected chi connectivity index (χ1v) is 7.01. The molecule has 7 heteroatoms. The molecule has 3 aromatic rings. The third-order valence-corrected chi connectivity index (χ3v) is 3.97. The van der Waals surface area contributed by atoms with Gasteiger partial charge in [-0.15, -0.1) is 0 Å². The minimum absolute atomic E-state index is 0.0468. The van der Waals surface area contributed by atoms with Crippen LogP contribution in [0.4, 0.5) is 13.2 Å². The lowest BCUT2D eigenvalue weighted by atomic mass is 10.0. The van der Waals surface area contributed by atoms with Crippen LogP contribution in [-0.2, 0) is 11.0 Å². The smallest absolute Gasteiger partial charge is 0.416 e. The van der Waals surface area contributed by atoms with Gasteiger partial charge < -0.3 is 10.1 Å². The average Bonchev–Trinajstić information content (AvgIpc) is 3.00. The van der Waals surface area contributed by atoms with E-state index in [0.717, 1.165) is 12.1 Å². The van der Waals surface area contributed by atoms with E-state index in [-0.39, 0.29) is 27.6 Å². The minimum Gasteiger partial charge on any atom is -0.494 e.